The average molecular weight is 335 g/mol. The van der Waals surface area contributed by atoms with E-state index in [9.17, 15) is 0 Å². The molecule has 2 heteroatoms. The smallest absolute Gasteiger partial charge is 0.0405 e. The van der Waals surface area contributed by atoms with E-state index in [0.29, 0.717) is 0 Å². The second kappa shape index (κ2) is 7.77. The van der Waals surface area contributed by atoms with Gasteiger partial charge >= 0.3 is 0 Å². The van der Waals surface area contributed by atoms with Crippen molar-refractivity contribution in [3.8, 4) is 11.1 Å². The van der Waals surface area contributed by atoms with Crippen LogP contribution in [-0.2, 0) is 6.42 Å². The first-order valence-electron chi connectivity index (χ1n) is 9.43. The summed E-state index contributed by atoms with van der Waals surface area (Å²) >= 11 is 0. The lowest BCUT2D eigenvalue weighted by Gasteiger charge is -2.36. The van der Waals surface area contributed by atoms with Crippen LogP contribution in [-0.4, -0.2) is 20.1 Å². The Balaban J connectivity index is 2.01. The highest BCUT2D eigenvalue weighted by Crippen LogP contribution is 2.36. The molecule has 1 aliphatic heterocycles. The maximum atomic E-state index is 3.90. The van der Waals surface area contributed by atoms with E-state index in [4.69, 9.17) is 0 Å². The van der Waals surface area contributed by atoms with Crippen LogP contribution in [0.5, 0.6) is 0 Å². The number of aryl methyl sites for hydroxylation is 1. The van der Waals surface area contributed by atoms with Crippen LogP contribution in [0.25, 0.3) is 11.1 Å². The third-order valence-corrected chi connectivity index (χ3v) is 5.43. The summed E-state index contributed by atoms with van der Waals surface area (Å²) < 4.78 is 0. The molecule has 0 saturated heterocycles. The Morgan fingerprint density at radius 3 is 2.80 bits per heavy atom. The number of benzene rings is 2. The summed E-state index contributed by atoms with van der Waals surface area (Å²) in [6.45, 7) is 10.6. The van der Waals surface area contributed by atoms with Crippen LogP contribution in [0.15, 0.2) is 49.1 Å². The van der Waals surface area contributed by atoms with Gasteiger partial charge in [-0.15, -0.1) is 6.58 Å². The maximum Gasteiger partial charge on any atom is 0.0405 e. The molecule has 0 spiro atoms. The summed E-state index contributed by atoms with van der Waals surface area (Å²) in [5.74, 6) is 0.762. The van der Waals surface area contributed by atoms with Gasteiger partial charge in [0.25, 0.3) is 0 Å². The first-order valence-corrected chi connectivity index (χ1v) is 9.43. The zero-order chi connectivity index (χ0) is 17.8. The molecule has 1 unspecified atom stereocenters. The summed E-state index contributed by atoms with van der Waals surface area (Å²) in [4.78, 5) is 2.56. The molecule has 0 bridgehead atoms. The molecule has 1 N–H and O–H groups in total. The van der Waals surface area contributed by atoms with Crippen molar-refractivity contribution in [2.75, 3.05) is 30.4 Å². The van der Waals surface area contributed by atoms with Crippen molar-refractivity contribution >= 4 is 11.4 Å². The monoisotopic (exact) mass is 334 g/mol. The van der Waals surface area contributed by atoms with Gasteiger partial charge in [0.15, 0.2) is 0 Å². The van der Waals surface area contributed by atoms with E-state index in [-0.39, 0.29) is 0 Å². The van der Waals surface area contributed by atoms with Gasteiger partial charge in [0.05, 0.1) is 0 Å². The van der Waals surface area contributed by atoms with Crippen LogP contribution in [0.1, 0.15) is 30.9 Å². The van der Waals surface area contributed by atoms with Crippen molar-refractivity contribution < 1.29 is 0 Å². The summed E-state index contributed by atoms with van der Waals surface area (Å²) in [6, 6.07) is 13.6. The Bertz CT molecular complexity index is 748. The van der Waals surface area contributed by atoms with Gasteiger partial charge in [-0.1, -0.05) is 37.6 Å². The summed E-state index contributed by atoms with van der Waals surface area (Å²) in [6.07, 6.45) is 5.51. The predicted molar refractivity (Wildman–Crippen MR) is 111 cm³/mol. The number of rotatable bonds is 6. The highest BCUT2D eigenvalue weighted by molar-refractivity contribution is 5.76. The molecule has 0 fully saturated rings. The molecule has 132 valence electrons. The highest BCUT2D eigenvalue weighted by Gasteiger charge is 2.23. The second-order valence-electron chi connectivity index (χ2n) is 7.12. The molecule has 1 heterocycles. The predicted octanol–water partition coefficient (Wildman–Crippen LogP) is 5.67. The van der Waals surface area contributed by atoms with Crippen molar-refractivity contribution in [1.29, 1.82) is 0 Å². The van der Waals surface area contributed by atoms with Gasteiger partial charge in [-0.05, 0) is 66.1 Å². The third kappa shape index (κ3) is 3.73. The molecule has 0 aromatic heterocycles. The molecule has 2 nitrogen and oxygen atoms in total. The second-order valence-corrected chi connectivity index (χ2v) is 7.12. The summed E-state index contributed by atoms with van der Waals surface area (Å²) in [5.41, 5.74) is 8.02. The van der Waals surface area contributed by atoms with Gasteiger partial charge < -0.3 is 10.2 Å². The SMILES string of the molecule is C=CCCN1CC(CC)Cc2ccc(-c3cc(NC)ccc3C)cc21. The fourth-order valence-corrected chi connectivity index (χ4v) is 3.80. The Kier molecular flexibility index (Phi) is 5.47. The first kappa shape index (κ1) is 17.6. The van der Waals surface area contributed by atoms with Gasteiger partial charge in [-0.2, -0.15) is 0 Å². The van der Waals surface area contributed by atoms with E-state index in [0.717, 1.165) is 31.1 Å². The standard InChI is InChI=1S/C23H30N2/c1-5-7-12-25-16-18(6-2)13-20-10-9-19(14-23(20)25)22-15-21(24-4)11-8-17(22)3/h5,8-11,14-15,18,24H,1,6-7,12-13,16H2,2-4H3. The van der Waals surface area contributed by atoms with Crippen LogP contribution in [0.3, 0.4) is 0 Å². The molecular weight excluding hydrogens is 304 g/mol. The molecule has 0 amide bonds. The lowest BCUT2D eigenvalue weighted by molar-refractivity contribution is 0.476. The van der Waals surface area contributed by atoms with Gasteiger partial charge in [-0.3, -0.25) is 0 Å². The van der Waals surface area contributed by atoms with Crippen molar-refractivity contribution in [3.05, 3.63) is 60.2 Å². The number of nitrogens with zero attached hydrogens (tertiary/aromatic N) is 1. The lowest BCUT2D eigenvalue weighted by Crippen LogP contribution is -2.35. The molecule has 0 saturated carbocycles. The minimum atomic E-state index is 0.762. The van der Waals surface area contributed by atoms with Crippen molar-refractivity contribution in [2.45, 2.75) is 33.1 Å². The molecule has 0 aliphatic carbocycles. The number of fused-ring (bicyclic) bond motifs is 1. The molecule has 0 radical (unpaired) electrons. The van der Waals surface area contributed by atoms with E-state index < -0.39 is 0 Å². The van der Waals surface area contributed by atoms with Gasteiger partial charge in [-0.25, -0.2) is 0 Å². The molecule has 3 rings (SSSR count). The number of hydrogen-bond acceptors (Lipinski definition) is 2. The van der Waals surface area contributed by atoms with E-state index in [1.807, 2.05) is 13.1 Å². The largest absolute Gasteiger partial charge is 0.388 e. The fourth-order valence-electron chi connectivity index (χ4n) is 3.80. The van der Waals surface area contributed by atoms with Crippen molar-refractivity contribution in [2.24, 2.45) is 5.92 Å². The van der Waals surface area contributed by atoms with Crippen LogP contribution >= 0.6 is 0 Å². The molecular formula is C23H30N2. The Morgan fingerprint density at radius 2 is 2.08 bits per heavy atom. The summed E-state index contributed by atoms with van der Waals surface area (Å²) in [5, 5.41) is 3.26. The van der Waals surface area contributed by atoms with Crippen LogP contribution in [0.2, 0.25) is 0 Å². The first-order chi connectivity index (χ1) is 12.2. The van der Waals surface area contributed by atoms with E-state index in [1.54, 1.807) is 0 Å². The number of hydrogen-bond donors (Lipinski definition) is 1. The summed E-state index contributed by atoms with van der Waals surface area (Å²) in [7, 11) is 1.98. The fraction of sp³-hybridized carbons (Fsp3) is 0.391. The van der Waals surface area contributed by atoms with Crippen LogP contribution < -0.4 is 10.2 Å². The Hall–Kier alpha value is -2.22. The van der Waals surface area contributed by atoms with Gasteiger partial charge in [0.1, 0.15) is 0 Å². The Morgan fingerprint density at radius 1 is 1.24 bits per heavy atom. The maximum absolute atomic E-state index is 3.90. The van der Waals surface area contributed by atoms with E-state index in [1.165, 1.54) is 40.8 Å². The van der Waals surface area contributed by atoms with Crippen molar-refractivity contribution in [1.82, 2.24) is 0 Å². The highest BCUT2D eigenvalue weighted by atomic mass is 15.1. The third-order valence-electron chi connectivity index (χ3n) is 5.43. The minimum absolute atomic E-state index is 0.762. The van der Waals surface area contributed by atoms with E-state index >= 15 is 0 Å². The Labute approximate surface area is 152 Å². The van der Waals surface area contributed by atoms with Crippen molar-refractivity contribution in [3.63, 3.8) is 0 Å². The number of anilines is 2. The van der Waals surface area contributed by atoms with Gasteiger partial charge in [0, 0.05) is 31.5 Å². The van der Waals surface area contributed by atoms with Crippen LogP contribution in [0.4, 0.5) is 11.4 Å². The molecule has 2 aromatic carbocycles. The zero-order valence-electron chi connectivity index (χ0n) is 15.8. The molecule has 1 aliphatic rings. The topological polar surface area (TPSA) is 15.3 Å². The molecule has 25 heavy (non-hydrogen) atoms. The minimum Gasteiger partial charge on any atom is -0.388 e. The zero-order valence-corrected chi connectivity index (χ0v) is 15.8. The van der Waals surface area contributed by atoms with Crippen LogP contribution in [0, 0.1) is 12.8 Å². The molecule has 2 aromatic rings. The van der Waals surface area contributed by atoms with E-state index in [2.05, 4.69) is 67.0 Å². The number of nitrogens with one attached hydrogen (secondary N) is 1. The quantitative estimate of drug-likeness (QED) is 0.685. The molecule has 1 atom stereocenters. The lowest BCUT2D eigenvalue weighted by atomic mass is 9.88. The van der Waals surface area contributed by atoms with Gasteiger partial charge in [0.2, 0.25) is 0 Å². The average Bonchev–Trinajstić information content (AvgIpc) is 2.65. The normalized spacial score (nSPS) is 16.4.